The van der Waals surface area contributed by atoms with Crippen molar-refractivity contribution in [3.63, 3.8) is 0 Å². The summed E-state index contributed by atoms with van der Waals surface area (Å²) in [6.45, 7) is 4.06. The Morgan fingerprint density at radius 2 is 1.75 bits per heavy atom. The summed E-state index contributed by atoms with van der Waals surface area (Å²) in [5.41, 5.74) is 5.56. The van der Waals surface area contributed by atoms with E-state index < -0.39 is 5.97 Å². The van der Waals surface area contributed by atoms with Crippen molar-refractivity contribution in [1.82, 2.24) is 4.57 Å². The smallest absolute Gasteiger partial charge is 0.339 e. The van der Waals surface area contributed by atoms with Crippen LogP contribution in [0.2, 0.25) is 0 Å². The molecule has 0 radical (unpaired) electrons. The molecular formula is C22H23N3O3. The molecule has 0 spiro atoms. The van der Waals surface area contributed by atoms with E-state index in [9.17, 15) is 9.90 Å². The minimum Gasteiger partial charge on any atom is -0.507 e. The minimum absolute atomic E-state index is 0.166. The Labute approximate surface area is 164 Å². The highest BCUT2D eigenvalue weighted by molar-refractivity contribution is 5.92. The number of aromatic carboxylic acids is 1. The molecular weight excluding hydrogens is 354 g/mol. The molecule has 0 saturated carbocycles. The van der Waals surface area contributed by atoms with Crippen LogP contribution in [0.15, 0.2) is 53.5 Å². The fraction of sp³-hybridized carbons (Fsp3) is 0.182. The first-order valence-electron chi connectivity index (χ1n) is 8.85. The number of aromatic hydroxyl groups is 1. The van der Waals surface area contributed by atoms with Gasteiger partial charge in [0.05, 0.1) is 5.69 Å². The Kier molecular flexibility index (Phi) is 5.22. The van der Waals surface area contributed by atoms with E-state index in [1.807, 2.05) is 34.0 Å². The second-order valence-corrected chi connectivity index (χ2v) is 6.84. The molecule has 0 bridgehead atoms. The first-order chi connectivity index (χ1) is 13.3. The van der Waals surface area contributed by atoms with Crippen LogP contribution in [-0.4, -0.2) is 41.1 Å². The van der Waals surface area contributed by atoms with Gasteiger partial charge in [0.25, 0.3) is 0 Å². The van der Waals surface area contributed by atoms with E-state index in [-0.39, 0.29) is 11.3 Å². The lowest BCUT2D eigenvalue weighted by atomic mass is 10.2. The van der Waals surface area contributed by atoms with Gasteiger partial charge in [-0.2, -0.15) is 0 Å². The fourth-order valence-corrected chi connectivity index (χ4v) is 3.14. The van der Waals surface area contributed by atoms with Crippen molar-refractivity contribution in [2.75, 3.05) is 19.0 Å². The largest absolute Gasteiger partial charge is 0.507 e. The van der Waals surface area contributed by atoms with Gasteiger partial charge < -0.3 is 19.7 Å². The number of anilines is 1. The first kappa shape index (κ1) is 19.2. The van der Waals surface area contributed by atoms with Gasteiger partial charge >= 0.3 is 5.97 Å². The number of rotatable bonds is 5. The van der Waals surface area contributed by atoms with Gasteiger partial charge in [0, 0.05) is 48.6 Å². The molecule has 2 aromatic carbocycles. The van der Waals surface area contributed by atoms with Crippen molar-refractivity contribution in [1.29, 1.82) is 0 Å². The Morgan fingerprint density at radius 3 is 2.36 bits per heavy atom. The van der Waals surface area contributed by atoms with Gasteiger partial charge in [-0.25, -0.2) is 4.79 Å². The monoisotopic (exact) mass is 377 g/mol. The zero-order valence-corrected chi connectivity index (χ0v) is 16.3. The first-order valence-corrected chi connectivity index (χ1v) is 8.85. The molecule has 6 nitrogen and oxygen atoms in total. The Hall–Kier alpha value is -3.54. The summed E-state index contributed by atoms with van der Waals surface area (Å²) in [5.74, 6) is -1.46. The zero-order chi connectivity index (χ0) is 20.4. The molecule has 0 atom stereocenters. The van der Waals surface area contributed by atoms with E-state index >= 15 is 0 Å². The van der Waals surface area contributed by atoms with Crippen molar-refractivity contribution in [2.45, 2.75) is 13.8 Å². The van der Waals surface area contributed by atoms with Crippen LogP contribution >= 0.6 is 0 Å². The number of hydrogen-bond acceptors (Lipinski definition) is 4. The summed E-state index contributed by atoms with van der Waals surface area (Å²) in [6, 6.07) is 14.6. The van der Waals surface area contributed by atoms with Crippen molar-refractivity contribution in [3.8, 4) is 11.4 Å². The third-order valence-corrected chi connectivity index (χ3v) is 4.66. The van der Waals surface area contributed by atoms with E-state index in [0.717, 1.165) is 28.3 Å². The number of benzene rings is 2. The molecule has 1 aromatic heterocycles. The molecule has 6 heteroatoms. The quantitative estimate of drug-likeness (QED) is 0.649. The number of hydrogen-bond donors (Lipinski definition) is 2. The van der Waals surface area contributed by atoms with Crippen LogP contribution in [-0.2, 0) is 0 Å². The molecule has 0 unspecified atom stereocenters. The number of carbonyl (C=O) groups is 1. The van der Waals surface area contributed by atoms with E-state index in [4.69, 9.17) is 5.11 Å². The number of carboxylic acids is 1. The maximum atomic E-state index is 11.2. The highest BCUT2D eigenvalue weighted by atomic mass is 16.4. The SMILES string of the molecule is Cc1cc(C=Nc2ccc(O)c(C(=O)O)c2)c(C)n1-c1ccc(N(C)C)cc1. The Bertz CT molecular complexity index is 1050. The van der Waals surface area contributed by atoms with Crippen LogP contribution in [0.5, 0.6) is 5.75 Å². The fourth-order valence-electron chi connectivity index (χ4n) is 3.14. The summed E-state index contributed by atoms with van der Waals surface area (Å²) in [6.07, 6.45) is 1.71. The number of nitrogens with zero attached hydrogens (tertiary/aromatic N) is 3. The molecule has 0 aliphatic heterocycles. The van der Waals surface area contributed by atoms with Gasteiger partial charge in [0.2, 0.25) is 0 Å². The lowest BCUT2D eigenvalue weighted by Gasteiger charge is -2.14. The molecule has 3 rings (SSSR count). The topological polar surface area (TPSA) is 78.1 Å². The summed E-state index contributed by atoms with van der Waals surface area (Å²) in [7, 11) is 4.02. The molecule has 28 heavy (non-hydrogen) atoms. The highest BCUT2D eigenvalue weighted by Crippen LogP contribution is 2.25. The molecule has 3 aromatic rings. The highest BCUT2D eigenvalue weighted by Gasteiger charge is 2.11. The molecule has 144 valence electrons. The van der Waals surface area contributed by atoms with Crippen LogP contribution < -0.4 is 4.90 Å². The molecule has 0 fully saturated rings. The van der Waals surface area contributed by atoms with Crippen molar-refractivity contribution >= 4 is 23.6 Å². The number of phenols is 1. The third kappa shape index (κ3) is 3.76. The van der Waals surface area contributed by atoms with Gasteiger partial charge in [0.15, 0.2) is 0 Å². The lowest BCUT2D eigenvalue weighted by Crippen LogP contribution is -2.08. The van der Waals surface area contributed by atoms with Crippen molar-refractivity contribution < 1.29 is 15.0 Å². The average molecular weight is 377 g/mol. The predicted octanol–water partition coefficient (Wildman–Crippen LogP) is 4.31. The Morgan fingerprint density at radius 1 is 1.07 bits per heavy atom. The predicted molar refractivity (Wildman–Crippen MR) is 112 cm³/mol. The van der Waals surface area contributed by atoms with Gasteiger partial charge in [0.1, 0.15) is 11.3 Å². The maximum absolute atomic E-state index is 11.2. The summed E-state index contributed by atoms with van der Waals surface area (Å²) >= 11 is 0. The number of aliphatic imine (C=N–C) groups is 1. The number of carboxylic acid groups (broad SMARTS) is 1. The number of aromatic nitrogens is 1. The normalized spacial score (nSPS) is 11.1. The average Bonchev–Trinajstić information content (AvgIpc) is 2.94. The summed E-state index contributed by atoms with van der Waals surface area (Å²) in [4.78, 5) is 17.6. The van der Waals surface area contributed by atoms with Crippen molar-refractivity contribution in [2.24, 2.45) is 4.99 Å². The number of aryl methyl sites for hydroxylation is 1. The van der Waals surface area contributed by atoms with Crippen LogP contribution in [0.3, 0.4) is 0 Å². The molecule has 0 aliphatic rings. The van der Waals surface area contributed by atoms with Crippen LogP contribution in [0.1, 0.15) is 27.3 Å². The van der Waals surface area contributed by atoms with E-state index in [2.05, 4.69) is 38.7 Å². The van der Waals surface area contributed by atoms with Crippen molar-refractivity contribution in [3.05, 3.63) is 71.0 Å². The second kappa shape index (κ2) is 7.60. The van der Waals surface area contributed by atoms with Crippen LogP contribution in [0.25, 0.3) is 5.69 Å². The maximum Gasteiger partial charge on any atom is 0.339 e. The van der Waals surface area contributed by atoms with Gasteiger partial charge in [-0.05, 0) is 62.4 Å². The van der Waals surface area contributed by atoms with E-state index in [0.29, 0.717) is 5.69 Å². The molecule has 0 saturated heterocycles. The summed E-state index contributed by atoms with van der Waals surface area (Å²) in [5, 5.41) is 18.7. The Balaban J connectivity index is 1.93. The second-order valence-electron chi connectivity index (χ2n) is 6.84. The molecule has 0 aliphatic carbocycles. The molecule has 2 N–H and O–H groups in total. The van der Waals surface area contributed by atoms with E-state index in [1.165, 1.54) is 12.1 Å². The minimum atomic E-state index is -1.19. The molecule has 1 heterocycles. The lowest BCUT2D eigenvalue weighted by molar-refractivity contribution is 0.0694. The molecule has 0 amide bonds. The standard InChI is InChI=1S/C22H23N3O3/c1-14-11-16(13-23-17-5-10-21(26)20(12-17)22(27)28)15(2)25(14)19-8-6-18(7-9-19)24(3)4/h5-13,26H,1-4H3,(H,27,28). The van der Waals surface area contributed by atoms with E-state index in [1.54, 1.807) is 12.3 Å². The van der Waals surface area contributed by atoms with Gasteiger partial charge in [-0.15, -0.1) is 0 Å². The summed E-state index contributed by atoms with van der Waals surface area (Å²) < 4.78 is 2.15. The zero-order valence-electron chi connectivity index (χ0n) is 16.3. The van der Waals surface area contributed by atoms with Crippen LogP contribution in [0, 0.1) is 13.8 Å². The van der Waals surface area contributed by atoms with Crippen LogP contribution in [0.4, 0.5) is 11.4 Å². The third-order valence-electron chi connectivity index (χ3n) is 4.66. The van der Waals surface area contributed by atoms with Gasteiger partial charge in [-0.1, -0.05) is 0 Å². The van der Waals surface area contributed by atoms with Gasteiger partial charge in [-0.3, -0.25) is 4.99 Å².